The summed E-state index contributed by atoms with van der Waals surface area (Å²) in [6.07, 6.45) is 0. The highest BCUT2D eigenvalue weighted by Crippen LogP contribution is 2.22. The van der Waals surface area contributed by atoms with E-state index in [0.29, 0.717) is 5.92 Å². The van der Waals surface area contributed by atoms with Gasteiger partial charge in [0.1, 0.15) is 6.61 Å². The summed E-state index contributed by atoms with van der Waals surface area (Å²) in [5, 5.41) is 11.6. The Kier molecular flexibility index (Phi) is 4.13. The van der Waals surface area contributed by atoms with Gasteiger partial charge in [-0.3, -0.25) is 0 Å². The zero-order valence-corrected chi connectivity index (χ0v) is 11.5. The van der Waals surface area contributed by atoms with Crippen molar-refractivity contribution in [2.45, 2.75) is 26.4 Å². The summed E-state index contributed by atoms with van der Waals surface area (Å²) in [7, 11) is 0. The lowest BCUT2D eigenvalue weighted by atomic mass is 10.2. The first-order chi connectivity index (χ1) is 9.10. The van der Waals surface area contributed by atoms with Gasteiger partial charge in [0, 0.05) is 11.3 Å². The molecular weight excluding hydrogens is 263 g/mol. The molecule has 19 heavy (non-hydrogen) atoms. The van der Waals surface area contributed by atoms with E-state index in [4.69, 9.17) is 10.00 Å². The van der Waals surface area contributed by atoms with Crippen molar-refractivity contribution in [1.82, 2.24) is 4.98 Å². The van der Waals surface area contributed by atoms with Gasteiger partial charge in [0.25, 0.3) is 0 Å². The highest BCUT2D eigenvalue weighted by atomic mass is 32.1. The minimum Gasteiger partial charge on any atom is -0.484 e. The molecule has 0 saturated carbocycles. The highest BCUT2D eigenvalue weighted by molar-refractivity contribution is 7.09. The molecule has 0 bridgehead atoms. The molecule has 2 aromatic rings. The maximum atomic E-state index is 13.6. The molecule has 0 radical (unpaired) electrons. The molecule has 0 aliphatic rings. The van der Waals surface area contributed by atoms with Crippen LogP contribution in [0.25, 0.3) is 0 Å². The third-order valence-corrected chi connectivity index (χ3v) is 3.69. The van der Waals surface area contributed by atoms with Crippen molar-refractivity contribution in [3.8, 4) is 11.8 Å². The van der Waals surface area contributed by atoms with Crippen molar-refractivity contribution in [3.05, 3.63) is 45.7 Å². The van der Waals surface area contributed by atoms with Gasteiger partial charge >= 0.3 is 0 Å². The van der Waals surface area contributed by atoms with Crippen molar-refractivity contribution in [2.24, 2.45) is 0 Å². The summed E-state index contributed by atoms with van der Waals surface area (Å²) in [5.41, 5.74) is 1.07. The summed E-state index contributed by atoms with van der Waals surface area (Å²) in [6, 6.07) is 6.03. The second kappa shape index (κ2) is 5.81. The van der Waals surface area contributed by atoms with Crippen LogP contribution in [0.15, 0.2) is 23.6 Å². The molecule has 0 aliphatic heterocycles. The summed E-state index contributed by atoms with van der Waals surface area (Å²) in [6.45, 7) is 4.37. The Morgan fingerprint density at radius 1 is 1.47 bits per heavy atom. The standard InChI is InChI=1S/C14H13FN2OS/c1-9(2)14-17-11(8-19-14)7-18-13-4-3-10(6-16)5-12(13)15/h3-5,8-9H,7H2,1-2H3. The van der Waals surface area contributed by atoms with Crippen LogP contribution < -0.4 is 4.74 Å². The maximum absolute atomic E-state index is 13.6. The number of nitriles is 1. The van der Waals surface area contributed by atoms with E-state index in [1.165, 1.54) is 12.1 Å². The SMILES string of the molecule is CC(C)c1nc(COc2ccc(C#N)cc2F)cs1. The first-order valence-electron chi connectivity index (χ1n) is 5.87. The third kappa shape index (κ3) is 3.30. The topological polar surface area (TPSA) is 45.9 Å². The van der Waals surface area contributed by atoms with Gasteiger partial charge in [-0.1, -0.05) is 13.8 Å². The zero-order chi connectivity index (χ0) is 13.8. The molecule has 0 spiro atoms. The van der Waals surface area contributed by atoms with Crippen LogP contribution in [0.2, 0.25) is 0 Å². The summed E-state index contributed by atoms with van der Waals surface area (Å²) in [4.78, 5) is 4.41. The molecule has 1 aromatic heterocycles. The first kappa shape index (κ1) is 13.5. The normalized spacial score (nSPS) is 10.5. The van der Waals surface area contributed by atoms with Crippen LogP contribution in [0.3, 0.4) is 0 Å². The molecule has 1 heterocycles. The van der Waals surface area contributed by atoms with E-state index in [2.05, 4.69) is 18.8 Å². The fourth-order valence-electron chi connectivity index (χ4n) is 1.49. The average Bonchev–Trinajstić information content (AvgIpc) is 2.86. The van der Waals surface area contributed by atoms with Gasteiger partial charge in [0.05, 0.1) is 22.3 Å². The molecule has 2 rings (SSSR count). The van der Waals surface area contributed by atoms with Gasteiger partial charge in [0.2, 0.25) is 0 Å². The minimum absolute atomic E-state index is 0.137. The molecule has 0 unspecified atom stereocenters. The van der Waals surface area contributed by atoms with Crippen molar-refractivity contribution in [1.29, 1.82) is 5.26 Å². The highest BCUT2D eigenvalue weighted by Gasteiger charge is 2.08. The monoisotopic (exact) mass is 276 g/mol. The lowest BCUT2D eigenvalue weighted by Crippen LogP contribution is -1.98. The summed E-state index contributed by atoms with van der Waals surface area (Å²) in [5.74, 6) is -0.0122. The van der Waals surface area contributed by atoms with E-state index in [9.17, 15) is 4.39 Å². The Morgan fingerprint density at radius 3 is 2.84 bits per heavy atom. The average molecular weight is 276 g/mol. The molecule has 1 aromatic carbocycles. The molecule has 5 heteroatoms. The Bertz CT molecular complexity index is 616. The molecule has 0 atom stereocenters. The number of aromatic nitrogens is 1. The van der Waals surface area contributed by atoms with Crippen molar-refractivity contribution in [2.75, 3.05) is 0 Å². The number of halogens is 1. The van der Waals surface area contributed by atoms with Gasteiger partial charge in [-0.25, -0.2) is 9.37 Å². The van der Waals surface area contributed by atoms with E-state index in [-0.39, 0.29) is 17.9 Å². The van der Waals surface area contributed by atoms with Gasteiger partial charge in [0.15, 0.2) is 11.6 Å². The Hall–Kier alpha value is -1.93. The van der Waals surface area contributed by atoms with Crippen LogP contribution in [0.4, 0.5) is 4.39 Å². The zero-order valence-electron chi connectivity index (χ0n) is 10.7. The van der Waals surface area contributed by atoms with E-state index < -0.39 is 5.82 Å². The predicted molar refractivity (Wildman–Crippen MR) is 71.7 cm³/mol. The van der Waals surface area contributed by atoms with Crippen molar-refractivity contribution >= 4 is 11.3 Å². The minimum atomic E-state index is -0.529. The molecule has 98 valence electrons. The number of hydrogen-bond acceptors (Lipinski definition) is 4. The molecule has 3 nitrogen and oxygen atoms in total. The first-order valence-corrected chi connectivity index (χ1v) is 6.75. The molecule has 0 N–H and O–H groups in total. The lowest BCUT2D eigenvalue weighted by molar-refractivity contribution is 0.286. The second-order valence-electron chi connectivity index (χ2n) is 4.38. The van der Waals surface area contributed by atoms with Gasteiger partial charge in [-0.15, -0.1) is 11.3 Å². The van der Waals surface area contributed by atoms with E-state index in [0.717, 1.165) is 16.8 Å². The van der Waals surface area contributed by atoms with Crippen LogP contribution in [-0.2, 0) is 6.61 Å². The lowest BCUT2D eigenvalue weighted by Gasteiger charge is -2.05. The summed E-state index contributed by atoms with van der Waals surface area (Å²) < 4.78 is 19.0. The van der Waals surface area contributed by atoms with Gasteiger partial charge < -0.3 is 4.74 Å². The Morgan fingerprint density at radius 2 is 2.26 bits per heavy atom. The number of ether oxygens (including phenoxy) is 1. The molecule has 0 saturated heterocycles. The van der Waals surface area contributed by atoms with Gasteiger partial charge in [-0.05, 0) is 18.2 Å². The number of benzene rings is 1. The van der Waals surface area contributed by atoms with Crippen LogP contribution in [-0.4, -0.2) is 4.98 Å². The predicted octanol–water partition coefficient (Wildman–Crippen LogP) is 3.86. The van der Waals surface area contributed by atoms with Crippen LogP contribution in [0.5, 0.6) is 5.75 Å². The van der Waals surface area contributed by atoms with E-state index in [1.54, 1.807) is 11.3 Å². The Balaban J connectivity index is 2.04. The van der Waals surface area contributed by atoms with E-state index in [1.807, 2.05) is 11.4 Å². The molecule has 0 aliphatic carbocycles. The van der Waals surface area contributed by atoms with Crippen molar-refractivity contribution in [3.63, 3.8) is 0 Å². The molecule has 0 amide bonds. The fourth-order valence-corrected chi connectivity index (χ4v) is 2.31. The number of hydrogen-bond donors (Lipinski definition) is 0. The Labute approximate surface area is 115 Å². The van der Waals surface area contributed by atoms with Crippen LogP contribution in [0, 0.1) is 17.1 Å². The van der Waals surface area contributed by atoms with Crippen molar-refractivity contribution < 1.29 is 9.13 Å². The molecule has 0 fully saturated rings. The third-order valence-electron chi connectivity index (χ3n) is 2.50. The largest absolute Gasteiger partial charge is 0.484 e. The fraction of sp³-hybridized carbons (Fsp3) is 0.286. The number of nitrogens with zero attached hydrogens (tertiary/aromatic N) is 2. The van der Waals surface area contributed by atoms with Gasteiger partial charge in [-0.2, -0.15) is 5.26 Å². The number of rotatable bonds is 4. The number of thiazole rings is 1. The maximum Gasteiger partial charge on any atom is 0.166 e. The second-order valence-corrected chi connectivity index (χ2v) is 5.27. The van der Waals surface area contributed by atoms with E-state index >= 15 is 0 Å². The van der Waals surface area contributed by atoms with Crippen LogP contribution in [0.1, 0.15) is 36.0 Å². The summed E-state index contributed by atoms with van der Waals surface area (Å²) >= 11 is 1.58. The quantitative estimate of drug-likeness (QED) is 0.852. The smallest absolute Gasteiger partial charge is 0.166 e. The molecular formula is C14H13FN2OS. The van der Waals surface area contributed by atoms with Crippen LogP contribution >= 0.6 is 11.3 Å².